The van der Waals surface area contributed by atoms with Crippen molar-refractivity contribution in [2.45, 2.75) is 50.7 Å². The highest BCUT2D eigenvalue weighted by Gasteiger charge is 2.30. The fourth-order valence-electron chi connectivity index (χ4n) is 5.29. The third-order valence-electron chi connectivity index (χ3n) is 6.96. The molecular weight excluding hydrogens is 400 g/mol. The Balaban J connectivity index is 1.32. The number of ether oxygens (including phenoxy) is 1. The molecule has 3 aromatic rings. The monoisotopic (exact) mass is 432 g/mol. The Kier molecular flexibility index (Phi) is 5.89. The number of aromatic nitrogens is 1. The number of amides is 1. The number of nitrogens with zero attached hydrogens (tertiary/aromatic N) is 1. The molecule has 0 spiro atoms. The van der Waals surface area contributed by atoms with Crippen LogP contribution < -0.4 is 20.7 Å². The highest BCUT2D eigenvalue weighted by Crippen LogP contribution is 2.40. The van der Waals surface area contributed by atoms with Crippen LogP contribution in [0, 0.1) is 0 Å². The zero-order valence-corrected chi connectivity index (χ0v) is 18.9. The lowest BCUT2D eigenvalue weighted by molar-refractivity contribution is 0.197. The summed E-state index contributed by atoms with van der Waals surface area (Å²) in [6.45, 7) is 4.15. The maximum Gasteiger partial charge on any atom is 0.413 e. The average molecular weight is 433 g/mol. The zero-order chi connectivity index (χ0) is 22.1. The molecule has 0 radical (unpaired) electrons. The van der Waals surface area contributed by atoms with Crippen molar-refractivity contribution in [1.29, 1.82) is 0 Å². The molecule has 2 atom stereocenters. The van der Waals surface area contributed by atoms with Crippen LogP contribution in [0.5, 0.6) is 5.75 Å². The molecule has 6 nitrogen and oxygen atoms in total. The Hall–Kier alpha value is -2.83. The first kappa shape index (κ1) is 21.0. The summed E-state index contributed by atoms with van der Waals surface area (Å²) in [6.07, 6.45) is 4.11. The predicted molar refractivity (Wildman–Crippen MR) is 127 cm³/mol. The van der Waals surface area contributed by atoms with Crippen LogP contribution in [0.15, 0.2) is 48.5 Å². The molecule has 1 aliphatic heterocycles. The van der Waals surface area contributed by atoms with Gasteiger partial charge in [0.1, 0.15) is 5.75 Å². The van der Waals surface area contributed by atoms with Crippen LogP contribution in [-0.2, 0) is 13.5 Å². The Morgan fingerprint density at radius 1 is 1.12 bits per heavy atom. The number of hydrogen-bond acceptors (Lipinski definition) is 4. The standard InChI is InChI=1S/C26H32N4O2/c1-17(18-6-4-3-5-7-18)28-26(31)32-20-8-11-24-22(16-20)21-9-10-23(25(21)30(24)2)29-19-12-14-27-15-13-19/h3-8,11,16-17,19,23,27,29H,9-10,12-15H2,1-2H3,(H,28,31). The predicted octanol–water partition coefficient (Wildman–Crippen LogP) is 4.36. The summed E-state index contributed by atoms with van der Waals surface area (Å²) in [7, 11) is 2.15. The van der Waals surface area contributed by atoms with Gasteiger partial charge in [-0.15, -0.1) is 0 Å². The molecule has 2 aromatic carbocycles. The number of piperidine rings is 1. The van der Waals surface area contributed by atoms with Gasteiger partial charge in [-0.25, -0.2) is 4.79 Å². The minimum Gasteiger partial charge on any atom is -0.410 e. The molecule has 1 aromatic heterocycles. The summed E-state index contributed by atoms with van der Waals surface area (Å²) in [4.78, 5) is 12.5. The van der Waals surface area contributed by atoms with E-state index in [1.807, 2.05) is 49.4 Å². The Morgan fingerprint density at radius 2 is 1.91 bits per heavy atom. The molecule has 32 heavy (non-hydrogen) atoms. The van der Waals surface area contributed by atoms with E-state index in [4.69, 9.17) is 4.74 Å². The van der Waals surface area contributed by atoms with E-state index in [-0.39, 0.29) is 6.04 Å². The summed E-state index contributed by atoms with van der Waals surface area (Å²) in [6, 6.07) is 16.7. The van der Waals surface area contributed by atoms with Crippen molar-refractivity contribution in [3.05, 3.63) is 65.4 Å². The van der Waals surface area contributed by atoms with Gasteiger partial charge >= 0.3 is 6.09 Å². The van der Waals surface area contributed by atoms with E-state index >= 15 is 0 Å². The van der Waals surface area contributed by atoms with Crippen molar-refractivity contribution in [2.24, 2.45) is 7.05 Å². The summed E-state index contributed by atoms with van der Waals surface area (Å²) >= 11 is 0. The molecule has 1 saturated heterocycles. The number of nitrogens with one attached hydrogen (secondary N) is 3. The van der Waals surface area contributed by atoms with Crippen LogP contribution in [0.3, 0.4) is 0 Å². The van der Waals surface area contributed by atoms with Crippen molar-refractivity contribution in [2.75, 3.05) is 13.1 Å². The van der Waals surface area contributed by atoms with E-state index < -0.39 is 6.09 Å². The topological polar surface area (TPSA) is 67.3 Å². The van der Waals surface area contributed by atoms with Gasteiger partial charge in [-0.05, 0) is 75.0 Å². The lowest BCUT2D eigenvalue weighted by Crippen LogP contribution is -2.41. The molecule has 168 valence electrons. The zero-order valence-electron chi connectivity index (χ0n) is 18.9. The number of fused-ring (bicyclic) bond motifs is 3. The first-order chi connectivity index (χ1) is 15.6. The second-order valence-corrected chi connectivity index (χ2v) is 9.05. The van der Waals surface area contributed by atoms with Crippen molar-refractivity contribution >= 4 is 17.0 Å². The Morgan fingerprint density at radius 3 is 2.69 bits per heavy atom. The van der Waals surface area contributed by atoms with Crippen molar-refractivity contribution in [3.63, 3.8) is 0 Å². The molecule has 2 aliphatic rings. The van der Waals surface area contributed by atoms with Gasteiger partial charge in [0.25, 0.3) is 0 Å². The van der Waals surface area contributed by atoms with E-state index in [1.54, 1.807) is 0 Å². The van der Waals surface area contributed by atoms with Gasteiger partial charge in [-0.2, -0.15) is 0 Å². The second-order valence-electron chi connectivity index (χ2n) is 9.05. The van der Waals surface area contributed by atoms with Gasteiger partial charge in [-0.1, -0.05) is 30.3 Å². The molecule has 5 rings (SSSR count). The van der Waals surface area contributed by atoms with Crippen LogP contribution in [0.4, 0.5) is 4.79 Å². The van der Waals surface area contributed by atoms with E-state index in [0.29, 0.717) is 17.8 Å². The van der Waals surface area contributed by atoms with Gasteiger partial charge in [0.15, 0.2) is 0 Å². The van der Waals surface area contributed by atoms with E-state index in [2.05, 4.69) is 33.6 Å². The molecule has 2 heterocycles. The normalized spacial score (nSPS) is 19.6. The Bertz CT molecular complexity index is 1100. The van der Waals surface area contributed by atoms with E-state index in [0.717, 1.165) is 31.5 Å². The molecule has 6 heteroatoms. The minimum atomic E-state index is -0.432. The number of carbonyl (C=O) groups excluding carboxylic acids is 1. The minimum absolute atomic E-state index is 0.116. The van der Waals surface area contributed by atoms with Crippen molar-refractivity contribution < 1.29 is 9.53 Å². The van der Waals surface area contributed by atoms with Crippen LogP contribution >= 0.6 is 0 Å². The summed E-state index contributed by atoms with van der Waals surface area (Å²) < 4.78 is 7.97. The maximum atomic E-state index is 12.5. The van der Waals surface area contributed by atoms with Crippen molar-refractivity contribution in [1.82, 2.24) is 20.5 Å². The third-order valence-corrected chi connectivity index (χ3v) is 6.96. The highest BCUT2D eigenvalue weighted by atomic mass is 16.6. The molecular formula is C26H32N4O2. The van der Waals surface area contributed by atoms with Gasteiger partial charge in [-0.3, -0.25) is 0 Å². The van der Waals surface area contributed by atoms with Crippen molar-refractivity contribution in [3.8, 4) is 5.75 Å². The summed E-state index contributed by atoms with van der Waals surface area (Å²) in [5.74, 6) is 0.582. The summed E-state index contributed by atoms with van der Waals surface area (Å²) in [5, 5.41) is 11.5. The molecule has 0 bridgehead atoms. The fraction of sp³-hybridized carbons (Fsp3) is 0.423. The third kappa shape index (κ3) is 4.12. The fourth-order valence-corrected chi connectivity index (χ4v) is 5.29. The lowest BCUT2D eigenvalue weighted by Gasteiger charge is -2.27. The molecule has 0 saturated carbocycles. The highest BCUT2D eigenvalue weighted by molar-refractivity contribution is 5.88. The summed E-state index contributed by atoms with van der Waals surface area (Å²) in [5.41, 5.74) is 5.01. The number of rotatable bonds is 5. The largest absolute Gasteiger partial charge is 0.413 e. The van der Waals surface area contributed by atoms with Gasteiger partial charge in [0.2, 0.25) is 0 Å². The van der Waals surface area contributed by atoms with Crippen LogP contribution in [0.25, 0.3) is 10.9 Å². The van der Waals surface area contributed by atoms with E-state index in [1.165, 1.54) is 35.0 Å². The molecule has 1 fully saturated rings. The Labute approximate surface area is 189 Å². The van der Waals surface area contributed by atoms with Gasteiger partial charge in [0, 0.05) is 35.7 Å². The average Bonchev–Trinajstić information content (AvgIpc) is 3.34. The molecule has 1 amide bonds. The van der Waals surface area contributed by atoms with Crippen LogP contribution in [-0.4, -0.2) is 29.8 Å². The first-order valence-electron chi connectivity index (χ1n) is 11.7. The van der Waals surface area contributed by atoms with Crippen LogP contribution in [0.1, 0.15) is 55.1 Å². The molecule has 2 unspecified atom stereocenters. The van der Waals surface area contributed by atoms with Gasteiger partial charge < -0.3 is 25.3 Å². The molecule has 3 N–H and O–H groups in total. The number of aryl methyl sites for hydroxylation is 2. The number of benzene rings is 2. The van der Waals surface area contributed by atoms with E-state index in [9.17, 15) is 4.79 Å². The quantitative estimate of drug-likeness (QED) is 0.561. The van der Waals surface area contributed by atoms with Gasteiger partial charge in [0.05, 0.1) is 6.04 Å². The SMILES string of the molecule is CC(NC(=O)Oc1ccc2c(c1)c1c(n2C)C(NC2CCNCC2)CC1)c1ccccc1. The first-order valence-corrected chi connectivity index (χ1v) is 11.7. The smallest absolute Gasteiger partial charge is 0.410 e. The number of hydrogen-bond donors (Lipinski definition) is 3. The molecule has 1 aliphatic carbocycles. The lowest BCUT2D eigenvalue weighted by atomic mass is 10.0. The maximum absolute atomic E-state index is 12.5. The van der Waals surface area contributed by atoms with Crippen LogP contribution in [0.2, 0.25) is 0 Å². The second kappa shape index (κ2) is 8.96. The number of carbonyl (C=O) groups is 1.